The van der Waals surface area contributed by atoms with Gasteiger partial charge in [0.25, 0.3) is 5.91 Å². The van der Waals surface area contributed by atoms with Gasteiger partial charge in [0.05, 0.1) is 6.54 Å². The van der Waals surface area contributed by atoms with Gasteiger partial charge < -0.3 is 16.4 Å². The zero-order valence-corrected chi connectivity index (χ0v) is 15.0. The summed E-state index contributed by atoms with van der Waals surface area (Å²) in [5, 5.41) is 15.6. The number of benzene rings is 1. The predicted octanol–water partition coefficient (Wildman–Crippen LogP) is 0.967. The number of carbonyl (C=O) groups is 2. The molecule has 1 aromatic heterocycles. The van der Waals surface area contributed by atoms with Crippen LogP contribution in [0.1, 0.15) is 32.7 Å². The Morgan fingerprint density at radius 2 is 1.88 bits per heavy atom. The van der Waals surface area contributed by atoms with Crippen LogP contribution in [0.15, 0.2) is 17.2 Å². The molecule has 8 nitrogen and oxygen atoms in total. The van der Waals surface area contributed by atoms with E-state index in [0.717, 1.165) is 49.9 Å². The molecule has 3 aliphatic rings. The van der Waals surface area contributed by atoms with Crippen molar-refractivity contribution < 1.29 is 9.59 Å². The molecule has 3 amide bonds. The number of hydrogen-bond donors (Lipinski definition) is 4. The van der Waals surface area contributed by atoms with Gasteiger partial charge in [-0.3, -0.25) is 14.6 Å². The summed E-state index contributed by atoms with van der Waals surface area (Å²) in [6.45, 7) is 1.36. The maximum Gasteiger partial charge on any atom is 0.316 e. The number of nitrogens with one attached hydrogen (secondary N) is 2. The largest absolute Gasteiger partial charge is 0.351 e. The first-order chi connectivity index (χ1) is 12.6. The third-order valence-corrected chi connectivity index (χ3v) is 5.43. The second-order valence-corrected chi connectivity index (χ2v) is 7.13. The van der Waals surface area contributed by atoms with Gasteiger partial charge in [0.15, 0.2) is 0 Å². The Bertz CT molecular complexity index is 877. The molecule has 2 heterocycles. The van der Waals surface area contributed by atoms with E-state index in [0.29, 0.717) is 17.3 Å². The number of nitrogens with zero attached hydrogens (tertiary/aromatic N) is 2. The summed E-state index contributed by atoms with van der Waals surface area (Å²) in [6, 6.07) is 3.53. The van der Waals surface area contributed by atoms with Crippen LogP contribution in [0.2, 0.25) is 0 Å². The minimum Gasteiger partial charge on any atom is -0.351 e. The van der Waals surface area contributed by atoms with Crippen LogP contribution in [0.4, 0.5) is 10.5 Å². The summed E-state index contributed by atoms with van der Waals surface area (Å²) in [4.78, 5) is 22.0. The van der Waals surface area contributed by atoms with Crippen LogP contribution in [-0.4, -0.2) is 28.3 Å². The number of urea groups is 1. The first kappa shape index (κ1) is 16.9. The number of rotatable bonds is 2. The van der Waals surface area contributed by atoms with Crippen LogP contribution < -0.4 is 21.5 Å². The standard InChI is InChI=1S/C11H12N2O.C6H8N4OS/c12-11(14)13-10-8-3-1-6(8)5-7-2-4-9(7)10;7-12-5-3-4-6(11)8-1-2-10(4)9-5/h5H,1-4H2,(H3,12,13,14);3H,1-2,7H2,(H,8,11). The first-order valence-electron chi connectivity index (χ1n) is 8.52. The molecule has 136 valence electrons. The maximum atomic E-state index is 11.2. The van der Waals surface area contributed by atoms with Crippen molar-refractivity contribution in [1.82, 2.24) is 15.1 Å². The van der Waals surface area contributed by atoms with E-state index in [2.05, 4.69) is 21.8 Å². The number of fused-ring (bicyclic) bond motifs is 3. The molecule has 0 fully saturated rings. The van der Waals surface area contributed by atoms with Gasteiger partial charge in [0.1, 0.15) is 10.7 Å². The average molecular weight is 372 g/mol. The predicted molar refractivity (Wildman–Crippen MR) is 99.1 cm³/mol. The van der Waals surface area contributed by atoms with Gasteiger partial charge in [-0.1, -0.05) is 6.07 Å². The number of primary amides is 1. The monoisotopic (exact) mass is 372 g/mol. The van der Waals surface area contributed by atoms with Gasteiger partial charge in [0, 0.05) is 18.3 Å². The average Bonchev–Trinajstić information content (AvgIpc) is 2.97. The normalized spacial score (nSPS) is 15.8. The van der Waals surface area contributed by atoms with E-state index in [1.165, 1.54) is 22.3 Å². The van der Waals surface area contributed by atoms with Crippen LogP contribution in [0, 0.1) is 0 Å². The summed E-state index contributed by atoms with van der Waals surface area (Å²) in [5.74, 6) is -0.0750. The number of carbonyl (C=O) groups excluding carboxylic acids is 2. The van der Waals surface area contributed by atoms with Gasteiger partial charge in [-0.2, -0.15) is 5.10 Å². The summed E-state index contributed by atoms with van der Waals surface area (Å²) < 4.78 is 1.67. The van der Waals surface area contributed by atoms with Crippen LogP contribution >= 0.6 is 11.9 Å². The Labute approximate surface area is 154 Å². The molecule has 6 N–H and O–H groups in total. The second-order valence-electron chi connectivity index (χ2n) is 6.48. The maximum absolute atomic E-state index is 11.2. The Morgan fingerprint density at radius 3 is 2.38 bits per heavy atom. The molecule has 0 unspecified atom stereocenters. The van der Waals surface area contributed by atoms with Crippen molar-refractivity contribution in [2.24, 2.45) is 10.9 Å². The first-order valence-corrected chi connectivity index (χ1v) is 9.40. The number of aromatic nitrogens is 2. The fraction of sp³-hybridized carbons (Fsp3) is 0.353. The smallest absolute Gasteiger partial charge is 0.316 e. The van der Waals surface area contributed by atoms with Gasteiger partial charge in [0.2, 0.25) is 0 Å². The molecule has 26 heavy (non-hydrogen) atoms. The molecule has 1 aromatic carbocycles. The van der Waals surface area contributed by atoms with Crippen LogP contribution in [0.25, 0.3) is 0 Å². The van der Waals surface area contributed by atoms with Gasteiger partial charge in [-0.15, -0.1) is 0 Å². The number of hydrogen-bond acceptors (Lipinski definition) is 5. The fourth-order valence-corrected chi connectivity index (χ4v) is 3.84. The van der Waals surface area contributed by atoms with Crippen LogP contribution in [0.5, 0.6) is 0 Å². The van der Waals surface area contributed by atoms with Crippen LogP contribution in [0.3, 0.4) is 0 Å². The van der Waals surface area contributed by atoms with Gasteiger partial charge >= 0.3 is 6.03 Å². The summed E-state index contributed by atoms with van der Waals surface area (Å²) in [7, 11) is 0. The van der Waals surface area contributed by atoms with Crippen molar-refractivity contribution in [2.75, 3.05) is 11.9 Å². The Morgan fingerprint density at radius 1 is 1.19 bits per heavy atom. The van der Waals surface area contributed by atoms with Gasteiger partial charge in [-0.05, 0) is 59.9 Å². The third kappa shape index (κ3) is 2.93. The zero-order valence-electron chi connectivity index (χ0n) is 14.2. The van der Waals surface area contributed by atoms with E-state index in [-0.39, 0.29) is 5.91 Å². The lowest BCUT2D eigenvalue weighted by Gasteiger charge is -2.31. The zero-order chi connectivity index (χ0) is 18.3. The Kier molecular flexibility index (Phi) is 4.33. The highest BCUT2D eigenvalue weighted by molar-refractivity contribution is 7.97. The number of amides is 3. The van der Waals surface area contributed by atoms with Crippen LogP contribution in [-0.2, 0) is 32.2 Å². The van der Waals surface area contributed by atoms with E-state index < -0.39 is 6.03 Å². The minimum absolute atomic E-state index is 0.0750. The fourth-order valence-electron chi connectivity index (χ4n) is 3.51. The molecular weight excluding hydrogens is 352 g/mol. The molecule has 0 atom stereocenters. The lowest BCUT2D eigenvalue weighted by atomic mass is 9.76. The molecule has 0 bridgehead atoms. The van der Waals surface area contributed by atoms with Crippen molar-refractivity contribution in [3.05, 3.63) is 40.1 Å². The second kappa shape index (κ2) is 6.65. The number of aryl methyl sites for hydroxylation is 2. The van der Waals surface area contributed by atoms with E-state index in [1.807, 2.05) is 0 Å². The molecule has 0 spiro atoms. The molecule has 0 radical (unpaired) electrons. The van der Waals surface area contributed by atoms with E-state index in [1.54, 1.807) is 10.7 Å². The lowest BCUT2D eigenvalue weighted by Crippen LogP contribution is -2.35. The molecule has 5 rings (SSSR count). The minimum atomic E-state index is -0.445. The van der Waals surface area contributed by atoms with Crippen molar-refractivity contribution in [3.8, 4) is 0 Å². The summed E-state index contributed by atoms with van der Waals surface area (Å²) in [6.07, 6.45) is 4.46. The molecule has 2 aromatic rings. The van der Waals surface area contributed by atoms with Gasteiger partial charge in [-0.25, -0.2) is 4.79 Å². The summed E-state index contributed by atoms with van der Waals surface area (Å²) >= 11 is 1.05. The third-order valence-electron chi connectivity index (χ3n) is 4.98. The highest BCUT2D eigenvalue weighted by Crippen LogP contribution is 2.40. The van der Waals surface area contributed by atoms with E-state index in [4.69, 9.17) is 10.9 Å². The topological polar surface area (TPSA) is 128 Å². The molecule has 1 aliphatic heterocycles. The molecule has 2 aliphatic carbocycles. The Hall–Kier alpha value is -2.52. The molecular formula is C17H20N6O2S. The number of nitrogens with two attached hydrogens (primary N) is 2. The van der Waals surface area contributed by atoms with Crippen molar-refractivity contribution in [1.29, 1.82) is 0 Å². The lowest BCUT2D eigenvalue weighted by molar-refractivity contribution is 0.0924. The van der Waals surface area contributed by atoms with E-state index >= 15 is 0 Å². The summed E-state index contributed by atoms with van der Waals surface area (Å²) in [5.41, 5.74) is 12.2. The molecule has 0 saturated carbocycles. The molecule has 0 saturated heterocycles. The van der Waals surface area contributed by atoms with E-state index in [9.17, 15) is 9.59 Å². The number of anilines is 1. The highest BCUT2D eigenvalue weighted by atomic mass is 32.2. The van der Waals surface area contributed by atoms with Crippen molar-refractivity contribution in [2.45, 2.75) is 37.3 Å². The quantitative estimate of drug-likeness (QED) is 0.584. The highest BCUT2D eigenvalue weighted by Gasteiger charge is 2.27. The van der Waals surface area contributed by atoms with Crippen molar-refractivity contribution >= 4 is 29.6 Å². The SMILES string of the molecule is NC(=O)Nc1c2c(cc3c1CC3)CC2.NSc1cc2n(n1)CCNC2=O. The molecule has 9 heteroatoms. The Balaban J connectivity index is 0.000000131. The van der Waals surface area contributed by atoms with Crippen molar-refractivity contribution in [3.63, 3.8) is 0 Å².